The maximum atomic E-state index is 11.7. The summed E-state index contributed by atoms with van der Waals surface area (Å²) >= 11 is 1.54. The molecule has 88 valence electrons. The maximum Gasteiger partial charge on any atom is 0.363 e. The highest BCUT2D eigenvalue weighted by Crippen LogP contribution is 2.20. The van der Waals surface area contributed by atoms with E-state index in [2.05, 4.69) is 9.98 Å². The van der Waals surface area contributed by atoms with Crippen molar-refractivity contribution < 1.29 is 9.53 Å². The van der Waals surface area contributed by atoms with Crippen molar-refractivity contribution in [2.75, 3.05) is 0 Å². The van der Waals surface area contributed by atoms with E-state index in [1.807, 2.05) is 17.5 Å². The summed E-state index contributed by atoms with van der Waals surface area (Å²) in [5.74, 6) is -0.127. The van der Waals surface area contributed by atoms with Crippen LogP contribution < -0.4 is 0 Å². The monoisotopic (exact) mass is 256 g/mol. The van der Waals surface area contributed by atoms with Crippen LogP contribution in [0.4, 0.5) is 0 Å². The fraction of sp³-hybridized carbons (Fsp3) is 0. The molecule has 5 heteroatoms. The number of pyridine rings is 1. The van der Waals surface area contributed by atoms with Gasteiger partial charge in [0.15, 0.2) is 5.70 Å². The van der Waals surface area contributed by atoms with Crippen LogP contribution in [0.5, 0.6) is 0 Å². The zero-order valence-corrected chi connectivity index (χ0v) is 10.1. The molecule has 0 spiro atoms. The van der Waals surface area contributed by atoms with Gasteiger partial charge in [-0.25, -0.2) is 9.79 Å². The number of aromatic nitrogens is 1. The van der Waals surface area contributed by atoms with Crippen LogP contribution in [0, 0.1) is 0 Å². The van der Waals surface area contributed by atoms with E-state index >= 15 is 0 Å². The van der Waals surface area contributed by atoms with Gasteiger partial charge in [-0.05, 0) is 29.7 Å². The smallest absolute Gasteiger partial charge is 0.363 e. The number of carbonyl (C=O) groups excluding carboxylic acids is 1. The van der Waals surface area contributed by atoms with Gasteiger partial charge in [-0.3, -0.25) is 4.98 Å². The molecule has 2 aromatic heterocycles. The first-order valence-electron chi connectivity index (χ1n) is 5.29. The third-order valence-corrected chi connectivity index (χ3v) is 3.17. The molecule has 0 aliphatic carbocycles. The van der Waals surface area contributed by atoms with E-state index < -0.39 is 5.97 Å². The van der Waals surface area contributed by atoms with Crippen molar-refractivity contribution in [2.24, 2.45) is 4.99 Å². The summed E-state index contributed by atoms with van der Waals surface area (Å²) in [5, 5.41) is 1.94. The summed E-state index contributed by atoms with van der Waals surface area (Å²) < 4.78 is 5.12. The summed E-state index contributed by atoms with van der Waals surface area (Å²) in [7, 11) is 0. The lowest BCUT2D eigenvalue weighted by atomic mass is 10.3. The Bertz CT molecular complexity index is 630. The molecule has 0 radical (unpaired) electrons. The lowest BCUT2D eigenvalue weighted by Crippen LogP contribution is -2.05. The van der Waals surface area contributed by atoms with Gasteiger partial charge in [0.1, 0.15) is 0 Å². The molecule has 0 N–H and O–H groups in total. The lowest BCUT2D eigenvalue weighted by Gasteiger charge is -1.96. The Labute approximate surface area is 107 Å². The fourth-order valence-corrected chi connectivity index (χ4v) is 2.18. The first-order valence-corrected chi connectivity index (χ1v) is 6.17. The first kappa shape index (κ1) is 10.9. The van der Waals surface area contributed by atoms with E-state index in [0.29, 0.717) is 17.2 Å². The van der Waals surface area contributed by atoms with Gasteiger partial charge < -0.3 is 4.74 Å². The van der Waals surface area contributed by atoms with Gasteiger partial charge >= 0.3 is 5.97 Å². The van der Waals surface area contributed by atoms with E-state index in [1.54, 1.807) is 41.9 Å². The van der Waals surface area contributed by atoms with Crippen LogP contribution in [-0.4, -0.2) is 16.9 Å². The lowest BCUT2D eigenvalue weighted by molar-refractivity contribution is -0.129. The number of nitrogens with zero attached hydrogens (tertiary/aromatic N) is 2. The average Bonchev–Trinajstić information content (AvgIpc) is 3.02. The molecule has 0 bridgehead atoms. The van der Waals surface area contributed by atoms with Gasteiger partial charge in [0.25, 0.3) is 0 Å². The van der Waals surface area contributed by atoms with Crippen LogP contribution in [0.25, 0.3) is 6.08 Å². The van der Waals surface area contributed by atoms with Gasteiger partial charge in [0, 0.05) is 17.3 Å². The number of hydrogen-bond acceptors (Lipinski definition) is 5. The summed E-state index contributed by atoms with van der Waals surface area (Å²) in [6, 6.07) is 7.41. The quantitative estimate of drug-likeness (QED) is 0.612. The number of rotatable bonds is 2. The number of thiophene rings is 1. The number of aliphatic imine (C=N–C) groups is 1. The molecule has 0 amide bonds. The predicted octanol–water partition coefficient (Wildman–Crippen LogP) is 2.49. The van der Waals surface area contributed by atoms with E-state index in [9.17, 15) is 4.79 Å². The molecule has 18 heavy (non-hydrogen) atoms. The highest BCUT2D eigenvalue weighted by molar-refractivity contribution is 7.10. The second-order valence-corrected chi connectivity index (χ2v) is 4.57. The van der Waals surface area contributed by atoms with Gasteiger partial charge in [-0.1, -0.05) is 6.07 Å². The van der Waals surface area contributed by atoms with Crippen molar-refractivity contribution in [2.45, 2.75) is 0 Å². The van der Waals surface area contributed by atoms with Crippen molar-refractivity contribution >= 4 is 29.3 Å². The van der Waals surface area contributed by atoms with Crippen LogP contribution in [0.3, 0.4) is 0 Å². The Hall–Kier alpha value is -2.27. The molecule has 4 nitrogen and oxygen atoms in total. The Morgan fingerprint density at radius 3 is 2.94 bits per heavy atom. The van der Waals surface area contributed by atoms with Gasteiger partial charge in [0.2, 0.25) is 5.90 Å². The molecule has 1 aliphatic heterocycles. The Morgan fingerprint density at radius 2 is 2.22 bits per heavy atom. The molecule has 0 saturated carbocycles. The highest BCUT2D eigenvalue weighted by atomic mass is 32.1. The van der Waals surface area contributed by atoms with Crippen molar-refractivity contribution in [1.29, 1.82) is 0 Å². The average molecular weight is 256 g/mol. The minimum atomic E-state index is -0.428. The summed E-state index contributed by atoms with van der Waals surface area (Å²) in [4.78, 5) is 20.8. The molecule has 0 saturated heterocycles. The second kappa shape index (κ2) is 4.54. The summed E-state index contributed by atoms with van der Waals surface area (Å²) in [5.41, 5.74) is 1.01. The number of carbonyl (C=O) groups is 1. The van der Waals surface area contributed by atoms with Gasteiger partial charge in [-0.15, -0.1) is 11.3 Å². The number of esters is 1. The molecular weight excluding hydrogens is 248 g/mol. The van der Waals surface area contributed by atoms with E-state index in [-0.39, 0.29) is 0 Å². The van der Waals surface area contributed by atoms with Crippen LogP contribution in [0.1, 0.15) is 10.4 Å². The van der Waals surface area contributed by atoms with Crippen LogP contribution in [0.2, 0.25) is 0 Å². The molecular formula is C13H8N2O2S. The molecule has 3 rings (SSSR count). The third-order valence-electron chi connectivity index (χ3n) is 2.35. The number of ether oxygens (including phenoxy) is 1. The van der Waals surface area contributed by atoms with Crippen LogP contribution >= 0.6 is 11.3 Å². The van der Waals surface area contributed by atoms with Crippen LogP contribution in [-0.2, 0) is 9.53 Å². The Balaban J connectivity index is 1.95. The minimum Gasteiger partial charge on any atom is -0.402 e. The summed E-state index contributed by atoms with van der Waals surface area (Å²) in [6.45, 7) is 0. The topological polar surface area (TPSA) is 51.5 Å². The number of hydrogen-bond donors (Lipinski definition) is 0. The Morgan fingerprint density at radius 1 is 1.28 bits per heavy atom. The van der Waals surface area contributed by atoms with Crippen molar-refractivity contribution in [1.82, 2.24) is 4.98 Å². The molecule has 0 fully saturated rings. The standard InChI is InChI=1S/C13H8N2O2S/c16-13-11(7-10-4-2-6-18-10)15-12(17-13)9-3-1-5-14-8-9/h1-8H/b11-7+. The third kappa shape index (κ3) is 2.08. The highest BCUT2D eigenvalue weighted by Gasteiger charge is 2.24. The van der Waals surface area contributed by atoms with Gasteiger partial charge in [-0.2, -0.15) is 0 Å². The van der Waals surface area contributed by atoms with Gasteiger partial charge in [0.05, 0.1) is 5.56 Å². The van der Waals surface area contributed by atoms with Crippen molar-refractivity contribution in [3.05, 3.63) is 58.2 Å². The SMILES string of the molecule is O=C1OC(c2cccnc2)=N/C1=C/c1cccs1. The zero-order valence-electron chi connectivity index (χ0n) is 9.24. The molecule has 0 atom stereocenters. The molecule has 3 heterocycles. The fourth-order valence-electron chi connectivity index (χ4n) is 1.53. The minimum absolute atomic E-state index is 0.302. The van der Waals surface area contributed by atoms with E-state index in [1.165, 1.54) is 0 Å². The van der Waals surface area contributed by atoms with Crippen molar-refractivity contribution in [3.63, 3.8) is 0 Å². The predicted molar refractivity (Wildman–Crippen MR) is 69.2 cm³/mol. The normalized spacial score (nSPS) is 16.8. The molecule has 1 aliphatic rings. The van der Waals surface area contributed by atoms with E-state index in [4.69, 9.17) is 4.74 Å². The Kier molecular flexibility index (Phi) is 2.74. The molecule has 0 unspecified atom stereocenters. The molecule has 0 aromatic carbocycles. The first-order chi connectivity index (χ1) is 8.83. The number of cyclic esters (lactones) is 1. The zero-order chi connectivity index (χ0) is 12.4. The van der Waals surface area contributed by atoms with E-state index in [0.717, 1.165) is 4.88 Å². The summed E-state index contributed by atoms with van der Waals surface area (Å²) in [6.07, 6.45) is 4.99. The second-order valence-electron chi connectivity index (χ2n) is 3.59. The molecule has 2 aromatic rings. The van der Waals surface area contributed by atoms with Crippen LogP contribution in [0.15, 0.2) is 52.7 Å². The largest absolute Gasteiger partial charge is 0.402 e. The maximum absolute atomic E-state index is 11.7. The van der Waals surface area contributed by atoms with Crippen molar-refractivity contribution in [3.8, 4) is 0 Å².